The van der Waals surface area contributed by atoms with Crippen molar-refractivity contribution >= 4 is 28.6 Å². The molecule has 1 aliphatic rings. The Morgan fingerprint density at radius 3 is 2.67 bits per heavy atom. The summed E-state index contributed by atoms with van der Waals surface area (Å²) < 4.78 is 4.03. The highest BCUT2D eigenvalue weighted by Crippen LogP contribution is 2.40. The van der Waals surface area contributed by atoms with Crippen LogP contribution in [-0.4, -0.2) is 36.6 Å². The van der Waals surface area contributed by atoms with Gasteiger partial charge in [0.25, 0.3) is 0 Å². The Morgan fingerprint density at radius 2 is 1.97 bits per heavy atom. The summed E-state index contributed by atoms with van der Waals surface area (Å²) in [6, 6.07) is 7.57. The number of hydrogen-bond donors (Lipinski definition) is 1. The van der Waals surface area contributed by atoms with Gasteiger partial charge in [-0.1, -0.05) is 30.3 Å². The predicted molar refractivity (Wildman–Crippen MR) is 145 cm³/mol. The average molecular weight is 516 g/mol. The van der Waals surface area contributed by atoms with E-state index >= 15 is 0 Å². The molecule has 0 spiro atoms. The van der Waals surface area contributed by atoms with Gasteiger partial charge in [0, 0.05) is 41.9 Å². The molecule has 1 aromatic carbocycles. The first-order chi connectivity index (χ1) is 17.4. The molecule has 0 aliphatic carbocycles. The van der Waals surface area contributed by atoms with E-state index in [2.05, 4.69) is 57.3 Å². The highest BCUT2D eigenvalue weighted by molar-refractivity contribution is 7.15. The van der Waals surface area contributed by atoms with Gasteiger partial charge in [0.05, 0.1) is 23.1 Å². The smallest absolute Gasteiger partial charge is 0.163 e. The predicted octanol–water partition coefficient (Wildman–Crippen LogP) is 5.14. The van der Waals surface area contributed by atoms with E-state index in [1.165, 1.54) is 0 Å². The Hall–Kier alpha value is -3.67. The van der Waals surface area contributed by atoms with Crippen molar-refractivity contribution in [3.63, 3.8) is 0 Å². The Bertz CT molecular complexity index is 1540. The minimum absolute atomic E-state index is 0.244. The number of benzene rings is 1. The van der Waals surface area contributed by atoms with Crippen LogP contribution in [0, 0.1) is 25.7 Å². The second-order valence-corrected chi connectivity index (χ2v) is 10.1. The first-order valence-corrected chi connectivity index (χ1v) is 12.9. The maximum Gasteiger partial charge on any atom is 0.163 e. The normalized spacial score (nSPS) is 14.2. The highest BCUT2D eigenvalue weighted by Gasteiger charge is 2.32. The summed E-state index contributed by atoms with van der Waals surface area (Å²) in [6.45, 7) is 11.1. The minimum Gasteiger partial charge on any atom is -0.389 e. The van der Waals surface area contributed by atoms with Crippen LogP contribution in [0.5, 0.6) is 0 Å². The van der Waals surface area contributed by atoms with Crippen LogP contribution >= 0.6 is 22.9 Å². The molecule has 0 fully saturated rings. The molecule has 4 heterocycles. The molecule has 7 nitrogen and oxygen atoms in total. The van der Waals surface area contributed by atoms with Crippen LogP contribution in [0.3, 0.4) is 0 Å². The van der Waals surface area contributed by atoms with E-state index in [0.29, 0.717) is 11.4 Å². The van der Waals surface area contributed by atoms with Crippen LogP contribution in [0.2, 0.25) is 5.02 Å². The monoisotopic (exact) mass is 515 g/mol. The van der Waals surface area contributed by atoms with Gasteiger partial charge in [-0.25, -0.2) is 4.98 Å². The fourth-order valence-corrected chi connectivity index (χ4v) is 5.64. The number of imidazole rings is 1. The highest BCUT2D eigenvalue weighted by atomic mass is 35.5. The molecule has 3 aromatic heterocycles. The fourth-order valence-electron chi connectivity index (χ4n) is 4.29. The summed E-state index contributed by atoms with van der Waals surface area (Å²) in [4.78, 5) is 10.4. The molecule has 0 unspecified atom stereocenters. The van der Waals surface area contributed by atoms with E-state index in [-0.39, 0.29) is 6.04 Å². The lowest BCUT2D eigenvalue weighted by Gasteiger charge is -2.15. The van der Waals surface area contributed by atoms with Gasteiger partial charge < -0.3 is 9.88 Å². The van der Waals surface area contributed by atoms with Crippen LogP contribution in [0.15, 0.2) is 54.1 Å². The van der Waals surface area contributed by atoms with Gasteiger partial charge in [-0.2, -0.15) is 0 Å². The number of thiophene rings is 1. The Kier molecular flexibility index (Phi) is 6.52. The second-order valence-electron chi connectivity index (χ2n) is 8.66. The maximum absolute atomic E-state index is 6.22. The third-order valence-electron chi connectivity index (χ3n) is 6.11. The molecule has 4 aromatic rings. The van der Waals surface area contributed by atoms with Crippen molar-refractivity contribution in [1.82, 2.24) is 29.6 Å². The summed E-state index contributed by atoms with van der Waals surface area (Å²) in [7, 11) is 1.94. The molecule has 1 N–H and O–H groups in total. The SMILES string of the molecule is C=C(C[C@@H]1N=C(c2ccc(Cl)cc2)c2c(sc(C#Cc3cncn3C)c2C)-n2c(C)nnc21)NCC. The zero-order valence-corrected chi connectivity index (χ0v) is 22.2. The molecule has 5 rings (SSSR count). The van der Waals surface area contributed by atoms with Crippen molar-refractivity contribution in [2.75, 3.05) is 6.54 Å². The quantitative estimate of drug-likeness (QED) is 0.374. The minimum atomic E-state index is -0.244. The molecule has 182 valence electrons. The fraction of sp³-hybridized carbons (Fsp3) is 0.259. The molecule has 0 radical (unpaired) electrons. The molecule has 36 heavy (non-hydrogen) atoms. The van der Waals surface area contributed by atoms with E-state index in [1.807, 2.05) is 42.8 Å². The van der Waals surface area contributed by atoms with E-state index < -0.39 is 0 Å². The standard InChI is InChI=1S/C27H26ClN7S/c1-6-30-16(2)13-22-26-33-32-18(4)35(26)27-24(25(31-22)19-7-9-20(28)10-8-19)17(3)23(36-27)12-11-21-14-29-15-34(21)5/h7-10,14-15,22,30H,2,6,13H2,1,3-5H3/t22-/m0/s1. The largest absolute Gasteiger partial charge is 0.389 e. The average Bonchev–Trinajstić information content (AvgIpc) is 3.50. The van der Waals surface area contributed by atoms with E-state index in [1.54, 1.807) is 23.9 Å². The lowest BCUT2D eigenvalue weighted by molar-refractivity contribution is 0.624. The molecule has 1 atom stereocenters. The second kappa shape index (κ2) is 9.76. The van der Waals surface area contributed by atoms with Gasteiger partial charge in [-0.05, 0) is 50.3 Å². The molecule has 0 bridgehead atoms. The number of nitrogens with zero attached hydrogens (tertiary/aromatic N) is 6. The number of rotatable bonds is 5. The molecule has 0 amide bonds. The van der Waals surface area contributed by atoms with Crippen molar-refractivity contribution < 1.29 is 0 Å². The van der Waals surface area contributed by atoms with Crippen LogP contribution in [0.4, 0.5) is 0 Å². The van der Waals surface area contributed by atoms with Crippen LogP contribution < -0.4 is 5.32 Å². The van der Waals surface area contributed by atoms with Gasteiger partial charge in [-0.3, -0.25) is 9.56 Å². The zero-order chi connectivity index (χ0) is 25.4. The Balaban J connectivity index is 1.73. The van der Waals surface area contributed by atoms with Crippen molar-refractivity contribution in [2.24, 2.45) is 12.0 Å². The van der Waals surface area contributed by atoms with Gasteiger partial charge in [0.2, 0.25) is 0 Å². The van der Waals surface area contributed by atoms with E-state index in [0.717, 1.165) is 61.9 Å². The number of nitrogens with one attached hydrogen (secondary N) is 1. The summed E-state index contributed by atoms with van der Waals surface area (Å²) in [5.41, 5.74) is 5.76. The summed E-state index contributed by atoms with van der Waals surface area (Å²) >= 11 is 7.86. The first-order valence-electron chi connectivity index (χ1n) is 11.7. The van der Waals surface area contributed by atoms with Crippen LogP contribution in [-0.2, 0) is 7.05 Å². The summed E-state index contributed by atoms with van der Waals surface area (Å²) in [5.74, 6) is 8.24. The number of aryl methyl sites for hydroxylation is 2. The molecule has 9 heteroatoms. The van der Waals surface area contributed by atoms with Crippen molar-refractivity contribution in [2.45, 2.75) is 33.2 Å². The summed E-state index contributed by atoms with van der Waals surface area (Å²) in [5, 5.41) is 14.0. The molecular formula is C27H26ClN7S. The lowest BCUT2D eigenvalue weighted by atomic mass is 9.99. The molecule has 0 saturated heterocycles. The van der Waals surface area contributed by atoms with Crippen LogP contribution in [0.25, 0.3) is 5.00 Å². The zero-order valence-electron chi connectivity index (χ0n) is 20.6. The molecule has 1 aliphatic heterocycles. The van der Waals surface area contributed by atoms with Crippen molar-refractivity contribution in [3.8, 4) is 16.8 Å². The maximum atomic E-state index is 6.22. The van der Waals surface area contributed by atoms with Crippen LogP contribution in [0.1, 0.15) is 58.3 Å². The number of aliphatic imine (C=N–C) groups is 1. The van der Waals surface area contributed by atoms with Gasteiger partial charge in [0.15, 0.2) is 5.82 Å². The lowest BCUT2D eigenvalue weighted by Crippen LogP contribution is -2.15. The van der Waals surface area contributed by atoms with Gasteiger partial charge >= 0.3 is 0 Å². The van der Waals surface area contributed by atoms with E-state index in [9.17, 15) is 0 Å². The summed E-state index contributed by atoms with van der Waals surface area (Å²) in [6.07, 6.45) is 4.13. The molecular weight excluding hydrogens is 490 g/mol. The Labute approximate surface area is 219 Å². The van der Waals surface area contributed by atoms with Crippen molar-refractivity contribution in [3.05, 3.63) is 93.0 Å². The topological polar surface area (TPSA) is 72.9 Å². The third kappa shape index (κ3) is 4.36. The third-order valence-corrected chi connectivity index (χ3v) is 7.55. The first kappa shape index (κ1) is 24.0. The van der Waals surface area contributed by atoms with Gasteiger partial charge in [0.1, 0.15) is 22.6 Å². The number of hydrogen-bond acceptors (Lipinski definition) is 6. The van der Waals surface area contributed by atoms with Gasteiger partial charge in [-0.15, -0.1) is 21.5 Å². The number of halogens is 1. The Morgan fingerprint density at radius 1 is 1.19 bits per heavy atom. The van der Waals surface area contributed by atoms with Crippen molar-refractivity contribution in [1.29, 1.82) is 0 Å². The van der Waals surface area contributed by atoms with E-state index in [4.69, 9.17) is 16.6 Å². The number of aromatic nitrogens is 5. The molecule has 0 saturated carbocycles. The number of fused-ring (bicyclic) bond motifs is 3.